The molecule has 3 heteroatoms. The number of ketones is 1. The van der Waals surface area contributed by atoms with Gasteiger partial charge >= 0.3 is 0 Å². The van der Waals surface area contributed by atoms with Crippen LogP contribution in [0.1, 0.15) is 36.4 Å². The molecule has 0 bridgehead atoms. The SMILES string of the molecule is CC(C)CCC(=O)c1cncs1. The molecule has 0 fully saturated rings. The number of hydrogen-bond donors (Lipinski definition) is 0. The van der Waals surface area contributed by atoms with Crippen molar-refractivity contribution >= 4 is 17.1 Å². The minimum Gasteiger partial charge on any atom is -0.293 e. The van der Waals surface area contributed by atoms with Crippen LogP contribution >= 0.6 is 11.3 Å². The van der Waals surface area contributed by atoms with Gasteiger partial charge in [0.15, 0.2) is 5.78 Å². The molecule has 1 aromatic rings. The van der Waals surface area contributed by atoms with E-state index in [1.54, 1.807) is 11.7 Å². The number of aromatic nitrogens is 1. The van der Waals surface area contributed by atoms with Crippen molar-refractivity contribution in [3.05, 3.63) is 16.6 Å². The maximum absolute atomic E-state index is 11.4. The van der Waals surface area contributed by atoms with Gasteiger partial charge in [0.2, 0.25) is 0 Å². The van der Waals surface area contributed by atoms with Gasteiger partial charge in [0.05, 0.1) is 10.4 Å². The van der Waals surface area contributed by atoms with Gasteiger partial charge in [-0.25, -0.2) is 0 Å². The van der Waals surface area contributed by atoms with Crippen molar-refractivity contribution in [1.29, 1.82) is 0 Å². The predicted octanol–water partition coefficient (Wildman–Crippen LogP) is 2.76. The molecule has 0 aliphatic rings. The molecular weight excluding hydrogens is 170 g/mol. The summed E-state index contributed by atoms with van der Waals surface area (Å²) in [6.07, 6.45) is 3.27. The second-order valence-corrected chi connectivity index (χ2v) is 4.11. The summed E-state index contributed by atoms with van der Waals surface area (Å²) < 4.78 is 0. The smallest absolute Gasteiger partial charge is 0.174 e. The first-order valence-electron chi connectivity index (χ1n) is 4.12. The van der Waals surface area contributed by atoms with E-state index in [1.165, 1.54) is 11.3 Å². The molecule has 2 nitrogen and oxygen atoms in total. The highest BCUT2D eigenvalue weighted by molar-refractivity contribution is 7.11. The van der Waals surface area contributed by atoms with Crippen molar-refractivity contribution < 1.29 is 4.79 Å². The normalized spacial score (nSPS) is 10.6. The number of nitrogens with zero attached hydrogens (tertiary/aromatic N) is 1. The molecule has 0 aliphatic heterocycles. The minimum absolute atomic E-state index is 0.228. The Morgan fingerprint density at radius 1 is 1.67 bits per heavy atom. The van der Waals surface area contributed by atoms with E-state index < -0.39 is 0 Å². The van der Waals surface area contributed by atoms with E-state index >= 15 is 0 Å². The van der Waals surface area contributed by atoms with Gasteiger partial charge in [-0.3, -0.25) is 9.78 Å². The Morgan fingerprint density at radius 2 is 2.42 bits per heavy atom. The topological polar surface area (TPSA) is 30.0 Å². The van der Waals surface area contributed by atoms with Crippen molar-refractivity contribution in [3.8, 4) is 0 Å². The lowest BCUT2D eigenvalue weighted by atomic mass is 10.1. The van der Waals surface area contributed by atoms with Crippen LogP contribution in [0.15, 0.2) is 11.7 Å². The average molecular weight is 183 g/mol. The molecule has 0 N–H and O–H groups in total. The Balaban J connectivity index is 2.40. The molecular formula is C9H13NOS. The van der Waals surface area contributed by atoms with Crippen LogP contribution in [0, 0.1) is 5.92 Å². The van der Waals surface area contributed by atoms with E-state index in [-0.39, 0.29) is 5.78 Å². The van der Waals surface area contributed by atoms with Gasteiger partial charge in [-0.05, 0) is 12.3 Å². The van der Waals surface area contributed by atoms with Gasteiger partial charge in [0.1, 0.15) is 0 Å². The van der Waals surface area contributed by atoms with E-state index in [2.05, 4.69) is 18.8 Å². The zero-order valence-electron chi connectivity index (χ0n) is 7.41. The second kappa shape index (κ2) is 4.36. The van der Waals surface area contributed by atoms with Gasteiger partial charge in [0, 0.05) is 12.6 Å². The summed E-state index contributed by atoms with van der Waals surface area (Å²) in [6, 6.07) is 0. The third kappa shape index (κ3) is 2.74. The Bertz CT molecular complexity index is 241. The summed E-state index contributed by atoms with van der Waals surface area (Å²) in [5.74, 6) is 0.827. The second-order valence-electron chi connectivity index (χ2n) is 3.22. The van der Waals surface area contributed by atoms with Gasteiger partial charge in [-0.2, -0.15) is 0 Å². The third-order valence-corrected chi connectivity index (χ3v) is 2.47. The Kier molecular flexibility index (Phi) is 3.41. The first-order chi connectivity index (χ1) is 5.70. The molecule has 0 aliphatic carbocycles. The molecule has 0 amide bonds. The molecule has 0 unspecified atom stereocenters. The van der Waals surface area contributed by atoms with Crippen molar-refractivity contribution in [1.82, 2.24) is 4.98 Å². The Morgan fingerprint density at radius 3 is 2.92 bits per heavy atom. The number of carbonyl (C=O) groups is 1. The van der Waals surface area contributed by atoms with Crippen molar-refractivity contribution in [2.24, 2.45) is 5.92 Å². The molecule has 0 atom stereocenters. The molecule has 0 saturated carbocycles. The van der Waals surface area contributed by atoms with Crippen LogP contribution in [0.25, 0.3) is 0 Å². The fraction of sp³-hybridized carbons (Fsp3) is 0.556. The van der Waals surface area contributed by atoms with Crippen LogP contribution in [-0.4, -0.2) is 10.8 Å². The molecule has 1 heterocycles. The van der Waals surface area contributed by atoms with Crippen LogP contribution < -0.4 is 0 Å². The number of rotatable bonds is 4. The van der Waals surface area contributed by atoms with Crippen LogP contribution in [-0.2, 0) is 0 Å². The monoisotopic (exact) mass is 183 g/mol. The molecule has 0 radical (unpaired) electrons. The number of thiazole rings is 1. The highest BCUT2D eigenvalue weighted by Gasteiger charge is 2.07. The summed E-state index contributed by atoms with van der Waals surface area (Å²) in [5.41, 5.74) is 1.70. The van der Waals surface area contributed by atoms with Crippen molar-refractivity contribution in [3.63, 3.8) is 0 Å². The summed E-state index contributed by atoms with van der Waals surface area (Å²) in [4.78, 5) is 16.0. The van der Waals surface area contributed by atoms with E-state index in [4.69, 9.17) is 0 Å². The summed E-state index contributed by atoms with van der Waals surface area (Å²) in [7, 11) is 0. The van der Waals surface area contributed by atoms with Crippen molar-refractivity contribution in [2.45, 2.75) is 26.7 Å². The molecule has 0 saturated heterocycles. The standard InChI is InChI=1S/C9H13NOS/c1-7(2)3-4-8(11)9-5-10-6-12-9/h5-7H,3-4H2,1-2H3. The van der Waals surface area contributed by atoms with Crippen LogP contribution in [0.2, 0.25) is 0 Å². The van der Waals surface area contributed by atoms with E-state index in [0.29, 0.717) is 12.3 Å². The highest BCUT2D eigenvalue weighted by atomic mass is 32.1. The Hall–Kier alpha value is -0.700. The van der Waals surface area contributed by atoms with Gasteiger partial charge in [-0.1, -0.05) is 13.8 Å². The lowest BCUT2D eigenvalue weighted by Gasteiger charge is -2.00. The lowest BCUT2D eigenvalue weighted by Crippen LogP contribution is -1.98. The zero-order valence-corrected chi connectivity index (χ0v) is 8.23. The molecule has 66 valence electrons. The van der Waals surface area contributed by atoms with Crippen LogP contribution in [0.4, 0.5) is 0 Å². The number of Topliss-reactive ketones (excluding diaryl/α,β-unsaturated/α-hetero) is 1. The summed E-state index contributed by atoms with van der Waals surface area (Å²) in [6.45, 7) is 4.25. The van der Waals surface area contributed by atoms with Crippen LogP contribution in [0.3, 0.4) is 0 Å². The minimum atomic E-state index is 0.228. The first kappa shape index (κ1) is 9.39. The largest absolute Gasteiger partial charge is 0.293 e. The molecule has 1 aromatic heterocycles. The van der Waals surface area contributed by atoms with Gasteiger partial charge in [-0.15, -0.1) is 11.3 Å². The summed E-state index contributed by atoms with van der Waals surface area (Å²) in [5, 5.41) is 0. The fourth-order valence-electron chi connectivity index (χ4n) is 0.896. The third-order valence-electron chi connectivity index (χ3n) is 1.66. The van der Waals surface area contributed by atoms with E-state index in [1.807, 2.05) is 0 Å². The van der Waals surface area contributed by atoms with Gasteiger partial charge < -0.3 is 0 Å². The Labute approximate surface area is 76.6 Å². The first-order valence-corrected chi connectivity index (χ1v) is 5.00. The maximum atomic E-state index is 11.4. The van der Waals surface area contributed by atoms with E-state index in [9.17, 15) is 4.79 Å². The lowest BCUT2D eigenvalue weighted by molar-refractivity contribution is 0.0979. The molecule has 1 rings (SSSR count). The molecule has 0 aromatic carbocycles. The highest BCUT2D eigenvalue weighted by Crippen LogP contribution is 2.12. The maximum Gasteiger partial charge on any atom is 0.174 e. The number of carbonyl (C=O) groups excluding carboxylic acids is 1. The van der Waals surface area contributed by atoms with Crippen molar-refractivity contribution in [2.75, 3.05) is 0 Å². The quantitative estimate of drug-likeness (QED) is 0.672. The predicted molar refractivity (Wildman–Crippen MR) is 50.5 cm³/mol. The molecule has 12 heavy (non-hydrogen) atoms. The van der Waals surface area contributed by atoms with Gasteiger partial charge in [0.25, 0.3) is 0 Å². The zero-order chi connectivity index (χ0) is 8.97. The van der Waals surface area contributed by atoms with E-state index in [0.717, 1.165) is 11.3 Å². The summed E-state index contributed by atoms with van der Waals surface area (Å²) >= 11 is 1.42. The fourth-order valence-corrected chi connectivity index (χ4v) is 1.49. The average Bonchev–Trinajstić information content (AvgIpc) is 2.51. The van der Waals surface area contributed by atoms with Crippen LogP contribution in [0.5, 0.6) is 0 Å². The number of hydrogen-bond acceptors (Lipinski definition) is 3. The molecule has 0 spiro atoms.